The molecular formula is C22H18Cl2N4O2. The van der Waals surface area contributed by atoms with Crippen LogP contribution in [0.15, 0.2) is 36.4 Å². The summed E-state index contributed by atoms with van der Waals surface area (Å²) in [4.78, 5) is 28.9. The second-order valence-corrected chi connectivity index (χ2v) is 8.81. The summed E-state index contributed by atoms with van der Waals surface area (Å²) in [7, 11) is 0. The molecule has 3 heterocycles. The lowest BCUT2D eigenvalue weighted by atomic mass is 9.81. The first kappa shape index (κ1) is 19.2. The highest BCUT2D eigenvalue weighted by Gasteiger charge is 2.63. The van der Waals surface area contributed by atoms with Crippen molar-refractivity contribution in [2.24, 2.45) is 0 Å². The number of hydrogen-bond acceptors (Lipinski definition) is 3. The highest BCUT2D eigenvalue weighted by Crippen LogP contribution is 2.54. The van der Waals surface area contributed by atoms with Crippen molar-refractivity contribution in [2.45, 2.75) is 32.2 Å². The molecule has 30 heavy (non-hydrogen) atoms. The van der Waals surface area contributed by atoms with Gasteiger partial charge in [-0.3, -0.25) is 19.6 Å². The molecule has 2 amide bonds. The van der Waals surface area contributed by atoms with Crippen LogP contribution in [-0.4, -0.2) is 22.0 Å². The van der Waals surface area contributed by atoms with Gasteiger partial charge in [0.1, 0.15) is 0 Å². The number of hydrogen-bond donors (Lipinski definition) is 2. The van der Waals surface area contributed by atoms with Crippen LogP contribution in [0, 0.1) is 6.92 Å². The van der Waals surface area contributed by atoms with Gasteiger partial charge in [-0.15, -0.1) is 0 Å². The number of amides is 2. The maximum Gasteiger partial charge on any atom is 0.280 e. The molecule has 2 aliphatic rings. The summed E-state index contributed by atoms with van der Waals surface area (Å²) >= 11 is 12.5. The quantitative estimate of drug-likeness (QED) is 0.587. The van der Waals surface area contributed by atoms with E-state index in [0.717, 1.165) is 11.3 Å². The van der Waals surface area contributed by atoms with Crippen LogP contribution in [0.2, 0.25) is 10.0 Å². The summed E-state index contributed by atoms with van der Waals surface area (Å²) in [5.41, 5.74) is 2.81. The van der Waals surface area contributed by atoms with E-state index in [1.165, 1.54) is 4.90 Å². The van der Waals surface area contributed by atoms with Gasteiger partial charge in [0.05, 0.1) is 5.69 Å². The number of carbonyl (C=O) groups is 2. The van der Waals surface area contributed by atoms with E-state index >= 15 is 0 Å². The molecule has 1 unspecified atom stereocenters. The maximum absolute atomic E-state index is 13.7. The molecule has 8 heteroatoms. The van der Waals surface area contributed by atoms with Crippen LogP contribution in [0.3, 0.4) is 0 Å². The Morgan fingerprint density at radius 3 is 2.50 bits per heavy atom. The van der Waals surface area contributed by atoms with Gasteiger partial charge in [0, 0.05) is 32.6 Å². The molecule has 1 atom stereocenters. The van der Waals surface area contributed by atoms with Crippen LogP contribution in [0.1, 0.15) is 52.6 Å². The number of nitrogens with one attached hydrogen (secondary N) is 2. The third kappa shape index (κ3) is 2.29. The molecule has 152 valence electrons. The zero-order valence-corrected chi connectivity index (χ0v) is 18.0. The molecule has 3 aromatic rings. The molecule has 0 saturated heterocycles. The van der Waals surface area contributed by atoms with Gasteiger partial charge in [-0.05, 0) is 42.7 Å². The number of fused-ring (bicyclic) bond motifs is 4. The predicted molar refractivity (Wildman–Crippen MR) is 117 cm³/mol. The summed E-state index contributed by atoms with van der Waals surface area (Å²) in [5, 5.41) is 11.2. The van der Waals surface area contributed by atoms with Crippen molar-refractivity contribution < 1.29 is 9.59 Å². The zero-order valence-electron chi connectivity index (χ0n) is 16.5. The lowest BCUT2D eigenvalue weighted by Gasteiger charge is -2.35. The second kappa shape index (κ2) is 6.33. The Balaban J connectivity index is 1.91. The summed E-state index contributed by atoms with van der Waals surface area (Å²) in [5.74, 6) is -0.651. The maximum atomic E-state index is 13.7. The molecule has 0 radical (unpaired) electrons. The van der Waals surface area contributed by atoms with Gasteiger partial charge in [-0.25, -0.2) is 0 Å². The van der Waals surface area contributed by atoms with E-state index in [-0.39, 0.29) is 23.4 Å². The molecule has 0 saturated carbocycles. The fourth-order valence-electron chi connectivity index (χ4n) is 4.52. The van der Waals surface area contributed by atoms with Gasteiger partial charge in [0.2, 0.25) is 0 Å². The Bertz CT molecular complexity index is 1250. The van der Waals surface area contributed by atoms with E-state index in [0.29, 0.717) is 32.5 Å². The van der Waals surface area contributed by atoms with Gasteiger partial charge in [0.25, 0.3) is 11.8 Å². The van der Waals surface area contributed by atoms with Crippen LogP contribution in [-0.2, 0) is 10.3 Å². The van der Waals surface area contributed by atoms with Crippen LogP contribution >= 0.6 is 23.2 Å². The minimum Gasteiger partial charge on any atom is -0.323 e. The van der Waals surface area contributed by atoms with E-state index in [1.807, 2.05) is 26.8 Å². The Morgan fingerprint density at radius 1 is 1.07 bits per heavy atom. The van der Waals surface area contributed by atoms with Gasteiger partial charge in [-0.1, -0.05) is 49.2 Å². The number of rotatable bonds is 2. The number of carbonyl (C=O) groups excluding carboxylic acids is 2. The van der Waals surface area contributed by atoms with Crippen molar-refractivity contribution in [1.29, 1.82) is 0 Å². The number of benzene rings is 2. The van der Waals surface area contributed by atoms with E-state index in [1.54, 1.807) is 30.3 Å². The second-order valence-electron chi connectivity index (χ2n) is 7.94. The molecule has 2 aromatic carbocycles. The first-order chi connectivity index (χ1) is 14.3. The van der Waals surface area contributed by atoms with Crippen molar-refractivity contribution in [2.75, 3.05) is 10.2 Å². The third-order valence-electron chi connectivity index (χ3n) is 5.83. The normalized spacial score (nSPS) is 19.6. The number of nitrogens with zero attached hydrogens (tertiary/aromatic N) is 2. The number of anilines is 2. The van der Waals surface area contributed by atoms with Crippen molar-refractivity contribution >= 4 is 46.4 Å². The average molecular weight is 441 g/mol. The molecule has 2 aliphatic heterocycles. The van der Waals surface area contributed by atoms with Crippen LogP contribution < -0.4 is 10.2 Å². The van der Waals surface area contributed by atoms with Crippen LogP contribution in [0.5, 0.6) is 0 Å². The van der Waals surface area contributed by atoms with Gasteiger partial charge >= 0.3 is 0 Å². The van der Waals surface area contributed by atoms with Gasteiger partial charge in [0.15, 0.2) is 11.2 Å². The summed E-state index contributed by atoms with van der Waals surface area (Å²) in [6, 6.07) is 10.5. The number of aryl methyl sites for hydroxylation is 1. The van der Waals surface area contributed by atoms with E-state index in [2.05, 4.69) is 15.5 Å². The predicted octanol–water partition coefficient (Wildman–Crippen LogP) is 5.00. The molecule has 1 aromatic heterocycles. The Morgan fingerprint density at radius 2 is 1.77 bits per heavy atom. The van der Waals surface area contributed by atoms with Gasteiger partial charge < -0.3 is 5.32 Å². The Hall–Kier alpha value is -2.83. The highest BCUT2D eigenvalue weighted by molar-refractivity contribution is 6.32. The summed E-state index contributed by atoms with van der Waals surface area (Å²) in [6.07, 6.45) is 0. The van der Waals surface area contributed by atoms with Gasteiger partial charge in [-0.2, -0.15) is 5.10 Å². The van der Waals surface area contributed by atoms with Crippen LogP contribution in [0.4, 0.5) is 11.4 Å². The minimum absolute atomic E-state index is 0.0236. The first-order valence-electron chi connectivity index (χ1n) is 9.57. The van der Waals surface area contributed by atoms with Crippen molar-refractivity contribution in [3.8, 4) is 0 Å². The number of H-pyrrole nitrogens is 1. The SMILES string of the molecule is Cc1ccc(Cl)cc1N1C(=O)c2n[nH]c(C(C)C)c2C12C(=O)Nc1cc(Cl)ccc12. The van der Waals surface area contributed by atoms with E-state index < -0.39 is 5.54 Å². The van der Waals surface area contributed by atoms with Crippen LogP contribution in [0.25, 0.3) is 0 Å². The number of aromatic amines is 1. The minimum atomic E-state index is -1.39. The lowest BCUT2D eigenvalue weighted by Crippen LogP contribution is -2.50. The fourth-order valence-corrected chi connectivity index (χ4v) is 4.86. The Labute approximate surface area is 183 Å². The molecule has 1 spiro atoms. The molecule has 0 bridgehead atoms. The van der Waals surface area contributed by atoms with Crippen molar-refractivity contribution in [1.82, 2.24) is 10.2 Å². The fraction of sp³-hybridized carbons (Fsp3) is 0.227. The standard InChI is InChI=1S/C22H18Cl2N4O2/c1-10(2)18-17-19(27-26-18)20(29)28(16-9-13(24)5-4-11(16)3)22(17)14-7-6-12(23)8-15(14)25-21(22)30/h4-10H,1-3H3,(H,25,30)(H,26,27). The summed E-state index contributed by atoms with van der Waals surface area (Å²) < 4.78 is 0. The lowest BCUT2D eigenvalue weighted by molar-refractivity contribution is -0.119. The monoisotopic (exact) mass is 440 g/mol. The van der Waals surface area contributed by atoms with Crippen molar-refractivity contribution in [3.05, 3.63) is 74.5 Å². The molecule has 2 N–H and O–H groups in total. The zero-order chi connectivity index (χ0) is 21.4. The van der Waals surface area contributed by atoms with E-state index in [4.69, 9.17) is 23.2 Å². The largest absolute Gasteiger partial charge is 0.323 e. The Kier molecular flexibility index (Phi) is 4.04. The molecule has 6 nitrogen and oxygen atoms in total. The number of aromatic nitrogens is 2. The van der Waals surface area contributed by atoms with Crippen molar-refractivity contribution in [3.63, 3.8) is 0 Å². The first-order valence-corrected chi connectivity index (χ1v) is 10.3. The topological polar surface area (TPSA) is 78.1 Å². The number of halogens is 2. The summed E-state index contributed by atoms with van der Waals surface area (Å²) in [6.45, 7) is 5.87. The molecule has 0 aliphatic carbocycles. The average Bonchev–Trinajstić information content (AvgIpc) is 3.31. The molecule has 0 fully saturated rings. The highest BCUT2D eigenvalue weighted by atomic mass is 35.5. The molecule has 5 rings (SSSR count). The smallest absolute Gasteiger partial charge is 0.280 e. The van der Waals surface area contributed by atoms with E-state index in [9.17, 15) is 9.59 Å². The molecular weight excluding hydrogens is 423 g/mol. The third-order valence-corrected chi connectivity index (χ3v) is 6.31.